The van der Waals surface area contributed by atoms with E-state index >= 15 is 0 Å². The Morgan fingerprint density at radius 2 is 1.32 bits per heavy atom. The zero-order valence-electron chi connectivity index (χ0n) is 26.7. The maximum Gasteiger partial charge on any atom is 0.333 e. The van der Waals surface area contributed by atoms with Crippen LogP contribution in [-0.4, -0.2) is 37.0 Å². The second-order valence-electron chi connectivity index (χ2n) is 11.7. The Kier molecular flexibility index (Phi) is 10.6. The minimum absolute atomic E-state index is 0.250. The van der Waals surface area contributed by atoms with Gasteiger partial charge in [-0.15, -0.1) is 0 Å². The molecule has 0 radical (unpaired) electrons. The van der Waals surface area contributed by atoms with Crippen molar-refractivity contribution in [3.63, 3.8) is 0 Å². The molecule has 1 aliphatic rings. The maximum atomic E-state index is 11.5. The van der Waals surface area contributed by atoms with Crippen molar-refractivity contribution >= 4 is 18.1 Å². The smallest absolute Gasteiger partial charge is 0.333 e. The number of benzene rings is 5. The largest absolute Gasteiger partial charge is 0.491 e. The van der Waals surface area contributed by atoms with Gasteiger partial charge in [0, 0.05) is 13.0 Å². The first-order valence-corrected chi connectivity index (χ1v) is 16.3. The Bertz CT molecular complexity index is 1800. The van der Waals surface area contributed by atoms with E-state index in [1.807, 2.05) is 30.3 Å². The van der Waals surface area contributed by atoms with E-state index < -0.39 is 12.1 Å². The molecule has 2 unspecified atom stereocenters. The molecular formula is C42H40O5. The molecule has 47 heavy (non-hydrogen) atoms. The van der Waals surface area contributed by atoms with Crippen molar-refractivity contribution in [3.8, 4) is 16.9 Å². The third kappa shape index (κ3) is 8.25. The molecule has 238 valence electrons. The molecule has 2 atom stereocenters. The van der Waals surface area contributed by atoms with Crippen LogP contribution in [0.25, 0.3) is 23.3 Å². The van der Waals surface area contributed by atoms with Gasteiger partial charge in [0.05, 0.1) is 6.61 Å². The Labute approximate surface area is 277 Å². The summed E-state index contributed by atoms with van der Waals surface area (Å²) in [5, 5.41) is 9.39. The van der Waals surface area contributed by atoms with Gasteiger partial charge in [0.2, 0.25) is 0 Å². The maximum absolute atomic E-state index is 11.5. The second kappa shape index (κ2) is 15.5. The van der Waals surface area contributed by atoms with Crippen LogP contribution in [0.2, 0.25) is 0 Å². The highest BCUT2D eigenvalue weighted by Crippen LogP contribution is 2.38. The fraction of sp³-hybridized carbons (Fsp3) is 0.214. The van der Waals surface area contributed by atoms with E-state index in [0.29, 0.717) is 32.0 Å². The standard InChI is InChI=1S/C42H40O5/c1-2-45-40(42(43)44)28-32-15-21-37(22-16-32)46-25-26-47-41-38-23-17-31(14-13-30-9-5-3-6-10-30)27-35(38)18-19-36-29-34(20-24-39(36)41)33-11-7-4-8-12-33/h3-12,15-24,27,29,40-41H,2,13-14,25-26,28H2,1H3,(H,43,44). The van der Waals surface area contributed by atoms with Gasteiger partial charge in [-0.2, -0.15) is 0 Å². The molecule has 0 heterocycles. The monoisotopic (exact) mass is 624 g/mol. The number of fused-ring (bicyclic) bond motifs is 2. The summed E-state index contributed by atoms with van der Waals surface area (Å²) in [6, 6.07) is 41.9. The van der Waals surface area contributed by atoms with Crippen LogP contribution in [0.4, 0.5) is 0 Å². The van der Waals surface area contributed by atoms with Crippen molar-refractivity contribution < 1.29 is 24.1 Å². The predicted octanol–water partition coefficient (Wildman–Crippen LogP) is 8.84. The zero-order valence-corrected chi connectivity index (χ0v) is 26.7. The minimum atomic E-state index is -0.958. The average Bonchev–Trinajstić information content (AvgIpc) is 3.26. The molecule has 5 nitrogen and oxygen atoms in total. The number of ether oxygens (including phenoxy) is 3. The van der Waals surface area contributed by atoms with Crippen LogP contribution in [0, 0.1) is 0 Å². The Hall–Kier alpha value is -4.97. The highest BCUT2D eigenvalue weighted by molar-refractivity contribution is 5.79. The first-order chi connectivity index (χ1) is 23.1. The molecule has 0 saturated carbocycles. The first-order valence-electron chi connectivity index (χ1n) is 16.3. The molecule has 1 aliphatic carbocycles. The average molecular weight is 625 g/mol. The van der Waals surface area contributed by atoms with Gasteiger partial charge < -0.3 is 19.3 Å². The molecule has 6 rings (SSSR count). The number of carboxylic acid groups (broad SMARTS) is 1. The third-order valence-corrected chi connectivity index (χ3v) is 8.52. The summed E-state index contributed by atoms with van der Waals surface area (Å²) >= 11 is 0. The number of aliphatic carboxylic acids is 1. The van der Waals surface area contributed by atoms with Gasteiger partial charge >= 0.3 is 5.97 Å². The number of rotatable bonds is 14. The molecule has 0 fully saturated rings. The van der Waals surface area contributed by atoms with Crippen LogP contribution in [-0.2, 0) is 33.5 Å². The van der Waals surface area contributed by atoms with Crippen molar-refractivity contribution in [3.05, 3.63) is 160 Å². The van der Waals surface area contributed by atoms with E-state index in [4.69, 9.17) is 14.2 Å². The van der Waals surface area contributed by atoms with E-state index in [1.165, 1.54) is 27.8 Å². The summed E-state index contributed by atoms with van der Waals surface area (Å²) < 4.78 is 18.0. The molecule has 1 N–H and O–H groups in total. The van der Waals surface area contributed by atoms with Gasteiger partial charge in [-0.05, 0) is 88.0 Å². The van der Waals surface area contributed by atoms with Crippen molar-refractivity contribution in [1.29, 1.82) is 0 Å². The molecule has 0 spiro atoms. The number of carboxylic acids is 1. The van der Waals surface area contributed by atoms with Crippen LogP contribution < -0.4 is 4.74 Å². The summed E-state index contributed by atoms with van der Waals surface area (Å²) in [7, 11) is 0. The summed E-state index contributed by atoms with van der Waals surface area (Å²) in [4.78, 5) is 11.5. The summed E-state index contributed by atoms with van der Waals surface area (Å²) in [6.45, 7) is 2.92. The molecule has 0 amide bonds. The van der Waals surface area contributed by atoms with Crippen molar-refractivity contribution in [2.75, 3.05) is 19.8 Å². The highest BCUT2D eigenvalue weighted by atomic mass is 16.5. The summed E-state index contributed by atoms with van der Waals surface area (Å²) in [5.74, 6) is -0.250. The molecule has 5 heteroatoms. The minimum Gasteiger partial charge on any atom is -0.491 e. The van der Waals surface area contributed by atoms with Gasteiger partial charge in [-0.25, -0.2) is 4.79 Å². The fourth-order valence-electron chi connectivity index (χ4n) is 6.07. The summed E-state index contributed by atoms with van der Waals surface area (Å²) in [6.07, 6.45) is 5.59. The van der Waals surface area contributed by atoms with Crippen LogP contribution in [0.15, 0.2) is 121 Å². The number of hydrogen-bond donors (Lipinski definition) is 1. The van der Waals surface area contributed by atoms with Crippen LogP contribution in [0.3, 0.4) is 0 Å². The molecule has 0 aliphatic heterocycles. The van der Waals surface area contributed by atoms with Gasteiger partial charge in [0.15, 0.2) is 6.10 Å². The second-order valence-corrected chi connectivity index (χ2v) is 11.7. The topological polar surface area (TPSA) is 65.0 Å². The van der Waals surface area contributed by atoms with E-state index in [0.717, 1.165) is 35.1 Å². The Morgan fingerprint density at radius 1 is 0.681 bits per heavy atom. The molecule has 0 aromatic heterocycles. The van der Waals surface area contributed by atoms with Crippen molar-refractivity contribution in [2.24, 2.45) is 0 Å². The molecule has 5 aromatic carbocycles. The highest BCUT2D eigenvalue weighted by Gasteiger charge is 2.23. The molecule has 0 saturated heterocycles. The molecule has 5 aromatic rings. The van der Waals surface area contributed by atoms with E-state index in [9.17, 15) is 9.90 Å². The lowest BCUT2D eigenvalue weighted by atomic mass is 9.92. The first kappa shape index (κ1) is 32.0. The van der Waals surface area contributed by atoms with Crippen molar-refractivity contribution in [2.45, 2.75) is 38.4 Å². The SMILES string of the molecule is CCOC(Cc1ccc(OCCOC2c3ccc(CCc4ccccc4)cc3C=Cc3cc(-c4ccccc4)ccc32)cc1)C(=O)O. The van der Waals surface area contributed by atoms with E-state index in [-0.39, 0.29) is 6.10 Å². The van der Waals surface area contributed by atoms with Crippen LogP contribution >= 0.6 is 0 Å². The fourth-order valence-corrected chi connectivity index (χ4v) is 6.07. The van der Waals surface area contributed by atoms with Gasteiger partial charge in [-0.3, -0.25) is 0 Å². The van der Waals surface area contributed by atoms with Crippen LogP contribution in [0.5, 0.6) is 5.75 Å². The third-order valence-electron chi connectivity index (χ3n) is 8.52. The normalized spacial score (nSPS) is 14.1. The zero-order chi connectivity index (χ0) is 32.4. The van der Waals surface area contributed by atoms with E-state index in [1.54, 1.807) is 6.92 Å². The van der Waals surface area contributed by atoms with Gasteiger partial charge in [-0.1, -0.05) is 115 Å². The quantitative estimate of drug-likeness (QED) is 0.125. The molecular weight excluding hydrogens is 584 g/mol. The number of carbonyl (C=O) groups is 1. The lowest BCUT2D eigenvalue weighted by Crippen LogP contribution is -2.26. The number of hydrogen-bond acceptors (Lipinski definition) is 4. The van der Waals surface area contributed by atoms with Gasteiger partial charge in [0.25, 0.3) is 0 Å². The van der Waals surface area contributed by atoms with Crippen molar-refractivity contribution in [1.82, 2.24) is 0 Å². The Morgan fingerprint density at radius 3 is 2.02 bits per heavy atom. The number of aryl methyl sites for hydroxylation is 2. The van der Waals surface area contributed by atoms with E-state index in [2.05, 4.69) is 103 Å². The molecule has 0 bridgehead atoms. The predicted molar refractivity (Wildman–Crippen MR) is 188 cm³/mol. The lowest BCUT2D eigenvalue weighted by Gasteiger charge is -2.22. The Balaban J connectivity index is 1.18. The summed E-state index contributed by atoms with van der Waals surface area (Å²) in [5.41, 5.74) is 10.5. The van der Waals surface area contributed by atoms with Crippen LogP contribution in [0.1, 0.15) is 52.0 Å². The van der Waals surface area contributed by atoms with Gasteiger partial charge in [0.1, 0.15) is 18.5 Å². The lowest BCUT2D eigenvalue weighted by molar-refractivity contribution is -0.149.